The fourth-order valence-corrected chi connectivity index (χ4v) is 2.29. The molecule has 0 radical (unpaired) electrons. The molecule has 0 bridgehead atoms. The van der Waals surface area contributed by atoms with Crippen LogP contribution >= 0.6 is 0 Å². The topological polar surface area (TPSA) is 85.2 Å². The second-order valence-electron chi connectivity index (χ2n) is 4.96. The number of hydrogen-bond donors (Lipinski definition) is 1. The summed E-state index contributed by atoms with van der Waals surface area (Å²) in [4.78, 5) is 15.9. The van der Waals surface area contributed by atoms with Crippen LogP contribution in [0, 0.1) is 11.3 Å². The molecule has 1 amide bonds. The highest BCUT2D eigenvalue weighted by Gasteiger charge is 2.22. The lowest BCUT2D eigenvalue weighted by atomic mass is 10.2. The molecule has 1 aliphatic rings. The van der Waals surface area contributed by atoms with Crippen LogP contribution in [0.5, 0.6) is 0 Å². The van der Waals surface area contributed by atoms with E-state index in [-0.39, 0.29) is 11.9 Å². The van der Waals surface area contributed by atoms with E-state index in [1.54, 1.807) is 6.07 Å². The zero-order valence-electron chi connectivity index (χ0n) is 12.4. The number of carbonyl (C=O) groups is 1. The normalized spacial score (nSPS) is 17.1. The van der Waals surface area contributed by atoms with Gasteiger partial charge in [0, 0.05) is 32.7 Å². The summed E-state index contributed by atoms with van der Waals surface area (Å²) in [6.45, 7) is 7.62. The molecule has 21 heavy (non-hydrogen) atoms. The van der Waals surface area contributed by atoms with Gasteiger partial charge in [-0.3, -0.25) is 9.69 Å². The minimum absolute atomic E-state index is 0.0571. The Hall–Kier alpha value is -2.20. The third-order valence-electron chi connectivity index (χ3n) is 3.59. The van der Waals surface area contributed by atoms with Gasteiger partial charge in [-0.05, 0) is 26.0 Å². The first kappa shape index (κ1) is 15.2. The maximum atomic E-state index is 11.6. The van der Waals surface area contributed by atoms with E-state index in [0.29, 0.717) is 12.2 Å². The number of amides is 1. The molecule has 7 nitrogen and oxygen atoms in total. The van der Waals surface area contributed by atoms with Crippen molar-refractivity contribution in [2.75, 3.05) is 37.6 Å². The Morgan fingerprint density at radius 3 is 2.62 bits per heavy atom. The van der Waals surface area contributed by atoms with Crippen molar-refractivity contribution in [3.63, 3.8) is 0 Å². The maximum absolute atomic E-state index is 11.6. The number of piperazine rings is 1. The van der Waals surface area contributed by atoms with Gasteiger partial charge in [-0.15, -0.1) is 10.2 Å². The predicted molar refractivity (Wildman–Crippen MR) is 78.9 cm³/mol. The van der Waals surface area contributed by atoms with Crippen molar-refractivity contribution in [1.82, 2.24) is 20.4 Å². The first-order chi connectivity index (χ1) is 10.2. The van der Waals surface area contributed by atoms with Gasteiger partial charge in [-0.25, -0.2) is 0 Å². The number of anilines is 1. The molecular weight excluding hydrogens is 268 g/mol. The molecule has 0 spiro atoms. The first-order valence-electron chi connectivity index (χ1n) is 7.16. The quantitative estimate of drug-likeness (QED) is 0.855. The molecule has 7 heteroatoms. The van der Waals surface area contributed by atoms with Gasteiger partial charge in [-0.1, -0.05) is 0 Å². The predicted octanol–water partition coefficient (Wildman–Crippen LogP) is 0.260. The summed E-state index contributed by atoms with van der Waals surface area (Å²) >= 11 is 0. The van der Waals surface area contributed by atoms with Crippen LogP contribution in [0.25, 0.3) is 0 Å². The fraction of sp³-hybridized carbons (Fsp3) is 0.571. The fourth-order valence-electron chi connectivity index (χ4n) is 2.29. The Bertz CT molecular complexity index is 515. The number of rotatable bonds is 4. The summed E-state index contributed by atoms with van der Waals surface area (Å²) in [6.07, 6.45) is 0. The Morgan fingerprint density at radius 1 is 1.38 bits per heavy atom. The Labute approximate surface area is 124 Å². The molecular formula is C14H20N6O. The van der Waals surface area contributed by atoms with Crippen molar-refractivity contribution >= 4 is 11.7 Å². The SMILES string of the molecule is CCNC(=O)c1ccc(N2CCN(C(C)C#N)CC2)nn1. The molecule has 2 heterocycles. The monoisotopic (exact) mass is 288 g/mol. The van der Waals surface area contributed by atoms with Crippen LogP contribution in [0.15, 0.2) is 12.1 Å². The molecule has 1 aromatic heterocycles. The van der Waals surface area contributed by atoms with Gasteiger partial charge in [0.15, 0.2) is 11.5 Å². The second kappa shape index (κ2) is 6.99. The minimum Gasteiger partial charge on any atom is -0.353 e. The number of nitrogens with one attached hydrogen (secondary N) is 1. The molecule has 0 aromatic carbocycles. The third kappa shape index (κ3) is 3.67. The molecule has 112 valence electrons. The highest BCUT2D eigenvalue weighted by Crippen LogP contribution is 2.14. The molecule has 1 aliphatic heterocycles. The summed E-state index contributed by atoms with van der Waals surface area (Å²) in [5, 5.41) is 19.7. The lowest BCUT2D eigenvalue weighted by Crippen LogP contribution is -2.49. The number of hydrogen-bond acceptors (Lipinski definition) is 6. The van der Waals surface area contributed by atoms with Crippen LogP contribution in [0.1, 0.15) is 24.3 Å². The van der Waals surface area contributed by atoms with Crippen LogP contribution in [0.2, 0.25) is 0 Å². The average Bonchev–Trinajstić information content (AvgIpc) is 2.54. The van der Waals surface area contributed by atoms with Gasteiger partial charge in [0.05, 0.1) is 12.1 Å². The van der Waals surface area contributed by atoms with Crippen molar-refractivity contribution < 1.29 is 4.79 Å². The summed E-state index contributed by atoms with van der Waals surface area (Å²) in [5.41, 5.74) is 0.331. The van der Waals surface area contributed by atoms with E-state index in [4.69, 9.17) is 5.26 Å². The molecule has 1 fully saturated rings. The summed E-state index contributed by atoms with van der Waals surface area (Å²) in [7, 11) is 0. The van der Waals surface area contributed by atoms with Crippen LogP contribution in [0.3, 0.4) is 0 Å². The van der Waals surface area contributed by atoms with Gasteiger partial charge in [0.25, 0.3) is 5.91 Å². The van der Waals surface area contributed by atoms with Crippen LogP contribution in [-0.2, 0) is 0 Å². The van der Waals surface area contributed by atoms with Crippen LogP contribution in [-0.4, -0.2) is 59.8 Å². The van der Waals surface area contributed by atoms with Crippen molar-refractivity contribution in [1.29, 1.82) is 5.26 Å². The Balaban J connectivity index is 1.95. The van der Waals surface area contributed by atoms with Gasteiger partial charge in [0.1, 0.15) is 0 Å². The third-order valence-corrected chi connectivity index (χ3v) is 3.59. The molecule has 1 saturated heterocycles. The van der Waals surface area contributed by atoms with Gasteiger partial charge >= 0.3 is 0 Å². The lowest BCUT2D eigenvalue weighted by molar-refractivity contribution is 0.0950. The van der Waals surface area contributed by atoms with Gasteiger partial charge in [0.2, 0.25) is 0 Å². The zero-order valence-corrected chi connectivity index (χ0v) is 12.4. The van der Waals surface area contributed by atoms with E-state index < -0.39 is 0 Å². The molecule has 1 atom stereocenters. The van der Waals surface area contributed by atoms with Crippen molar-refractivity contribution in [2.24, 2.45) is 0 Å². The molecule has 1 unspecified atom stereocenters. The molecule has 1 N–H and O–H groups in total. The number of carbonyl (C=O) groups excluding carboxylic acids is 1. The highest BCUT2D eigenvalue weighted by molar-refractivity contribution is 5.92. The first-order valence-corrected chi connectivity index (χ1v) is 7.16. The summed E-state index contributed by atoms with van der Waals surface area (Å²) in [6, 6.07) is 5.71. The van der Waals surface area contributed by atoms with Crippen LogP contribution < -0.4 is 10.2 Å². The van der Waals surface area contributed by atoms with E-state index in [9.17, 15) is 4.79 Å². The Morgan fingerprint density at radius 2 is 2.10 bits per heavy atom. The van der Waals surface area contributed by atoms with Gasteiger partial charge in [-0.2, -0.15) is 5.26 Å². The summed E-state index contributed by atoms with van der Waals surface area (Å²) < 4.78 is 0. The van der Waals surface area contributed by atoms with Crippen molar-refractivity contribution in [3.8, 4) is 6.07 Å². The Kier molecular flexibility index (Phi) is 5.06. The largest absolute Gasteiger partial charge is 0.353 e. The van der Waals surface area contributed by atoms with Gasteiger partial charge < -0.3 is 10.2 Å². The van der Waals surface area contributed by atoms with E-state index in [1.807, 2.05) is 19.9 Å². The standard InChI is InChI=1S/C14H20N6O/c1-3-16-14(21)12-4-5-13(18-17-12)20-8-6-19(7-9-20)11(2)10-15/h4-5,11H,3,6-9H2,1-2H3,(H,16,21). The van der Waals surface area contributed by atoms with Crippen molar-refractivity contribution in [2.45, 2.75) is 19.9 Å². The zero-order chi connectivity index (χ0) is 15.2. The molecule has 2 rings (SSSR count). The molecule has 0 aliphatic carbocycles. The van der Waals surface area contributed by atoms with E-state index in [1.165, 1.54) is 0 Å². The number of nitrogens with zero attached hydrogens (tertiary/aromatic N) is 5. The molecule has 0 saturated carbocycles. The average molecular weight is 288 g/mol. The van der Waals surface area contributed by atoms with E-state index >= 15 is 0 Å². The van der Waals surface area contributed by atoms with Crippen LogP contribution in [0.4, 0.5) is 5.82 Å². The minimum atomic E-state index is -0.204. The van der Waals surface area contributed by atoms with E-state index in [2.05, 4.69) is 31.4 Å². The van der Waals surface area contributed by atoms with Crippen molar-refractivity contribution in [3.05, 3.63) is 17.8 Å². The second-order valence-corrected chi connectivity index (χ2v) is 4.96. The smallest absolute Gasteiger partial charge is 0.271 e. The lowest BCUT2D eigenvalue weighted by Gasteiger charge is -2.36. The summed E-state index contributed by atoms with van der Waals surface area (Å²) in [5.74, 6) is 0.566. The molecule has 1 aromatic rings. The highest BCUT2D eigenvalue weighted by atomic mass is 16.1. The number of aromatic nitrogens is 2. The number of nitriles is 1. The maximum Gasteiger partial charge on any atom is 0.271 e. The van der Waals surface area contributed by atoms with E-state index in [0.717, 1.165) is 32.0 Å².